The molecule has 0 radical (unpaired) electrons. The van der Waals surface area contributed by atoms with E-state index >= 15 is 0 Å². The molecule has 0 amide bonds. The molecule has 2 heteroatoms. The van der Waals surface area contributed by atoms with Crippen molar-refractivity contribution in [3.8, 4) is 0 Å². The lowest BCUT2D eigenvalue weighted by Crippen LogP contribution is -2.31. The first-order valence-corrected chi connectivity index (χ1v) is 9.89. The highest BCUT2D eigenvalue weighted by Crippen LogP contribution is 2.44. The molecule has 0 saturated heterocycles. The lowest BCUT2D eigenvalue weighted by Gasteiger charge is -2.39. The molecule has 0 N–H and O–H groups in total. The largest absolute Gasteiger partial charge is 0.0922 e. The fourth-order valence-electron chi connectivity index (χ4n) is 3.63. The average molecular weight is 372 g/mol. The van der Waals surface area contributed by atoms with E-state index in [0.29, 0.717) is 5.41 Å². The van der Waals surface area contributed by atoms with Crippen LogP contribution >= 0.6 is 27.5 Å². The van der Waals surface area contributed by atoms with Crippen molar-refractivity contribution in [3.63, 3.8) is 0 Å². The number of benzene rings is 1. The number of hydrogen-bond acceptors (Lipinski definition) is 0. The van der Waals surface area contributed by atoms with Gasteiger partial charge in [-0.15, -0.1) is 0 Å². The zero-order chi connectivity index (χ0) is 15.3. The molecule has 1 aromatic carbocycles. The summed E-state index contributed by atoms with van der Waals surface area (Å²) in [4.78, 5) is 0. The van der Waals surface area contributed by atoms with Gasteiger partial charge in [0, 0.05) is 10.4 Å². The van der Waals surface area contributed by atoms with E-state index in [2.05, 4.69) is 48.0 Å². The van der Waals surface area contributed by atoms with Gasteiger partial charge in [-0.3, -0.25) is 0 Å². The van der Waals surface area contributed by atoms with Crippen LogP contribution in [-0.2, 0) is 6.42 Å². The van der Waals surface area contributed by atoms with Crippen LogP contribution in [0.3, 0.4) is 0 Å². The number of aryl methyl sites for hydroxylation is 1. The maximum atomic E-state index is 6.45. The summed E-state index contributed by atoms with van der Waals surface area (Å²) in [5, 5.41) is 2.05. The van der Waals surface area contributed by atoms with Crippen LogP contribution in [-0.4, -0.2) is 5.33 Å². The van der Waals surface area contributed by atoms with E-state index in [1.54, 1.807) is 0 Å². The summed E-state index contributed by atoms with van der Waals surface area (Å²) in [6, 6.07) is 6.52. The second-order valence-electron chi connectivity index (χ2n) is 6.99. The number of hydrogen-bond donors (Lipinski definition) is 0. The average Bonchev–Trinajstić information content (AvgIpc) is 2.49. The zero-order valence-corrected chi connectivity index (χ0v) is 15.8. The van der Waals surface area contributed by atoms with Crippen molar-refractivity contribution >= 4 is 27.5 Å². The normalized spacial score (nSPS) is 26.0. The fourth-order valence-corrected chi connectivity index (χ4v) is 4.69. The summed E-state index contributed by atoms with van der Waals surface area (Å²) < 4.78 is 0. The van der Waals surface area contributed by atoms with E-state index in [-0.39, 0.29) is 0 Å². The third kappa shape index (κ3) is 4.73. The summed E-state index contributed by atoms with van der Waals surface area (Å²) in [7, 11) is 0. The van der Waals surface area contributed by atoms with E-state index in [9.17, 15) is 0 Å². The Kier molecular flexibility index (Phi) is 6.62. The highest BCUT2D eigenvalue weighted by Gasteiger charge is 2.34. The molecule has 21 heavy (non-hydrogen) atoms. The molecule has 1 saturated carbocycles. The first kappa shape index (κ1) is 17.3. The minimum Gasteiger partial charge on any atom is -0.0922 e. The van der Waals surface area contributed by atoms with Crippen molar-refractivity contribution in [1.82, 2.24) is 0 Å². The number of rotatable bonds is 6. The van der Waals surface area contributed by atoms with Gasteiger partial charge < -0.3 is 0 Å². The van der Waals surface area contributed by atoms with Crippen LogP contribution in [0.5, 0.6) is 0 Å². The highest BCUT2D eigenvalue weighted by atomic mass is 79.9. The smallest absolute Gasteiger partial charge is 0.0440 e. The summed E-state index contributed by atoms with van der Waals surface area (Å²) in [6.07, 6.45) is 10.8. The molecule has 1 aromatic rings. The third-order valence-electron chi connectivity index (χ3n) is 5.19. The van der Waals surface area contributed by atoms with Gasteiger partial charge in [-0.05, 0) is 67.6 Å². The van der Waals surface area contributed by atoms with Crippen LogP contribution in [0, 0.1) is 18.3 Å². The van der Waals surface area contributed by atoms with Crippen LogP contribution in [0.2, 0.25) is 5.02 Å². The van der Waals surface area contributed by atoms with Gasteiger partial charge in [0.2, 0.25) is 0 Å². The van der Waals surface area contributed by atoms with Crippen LogP contribution in [0.25, 0.3) is 0 Å². The first-order valence-electron chi connectivity index (χ1n) is 8.39. The molecular weight excluding hydrogens is 344 g/mol. The van der Waals surface area contributed by atoms with Crippen molar-refractivity contribution in [2.75, 3.05) is 5.33 Å². The summed E-state index contributed by atoms with van der Waals surface area (Å²) in [6.45, 7) is 4.40. The lowest BCUT2D eigenvalue weighted by molar-refractivity contribution is 0.169. The van der Waals surface area contributed by atoms with Gasteiger partial charge in [-0.25, -0.2) is 0 Å². The van der Waals surface area contributed by atoms with E-state index in [0.717, 1.165) is 22.7 Å². The molecule has 0 unspecified atom stereocenters. The molecule has 0 spiro atoms. The quantitative estimate of drug-likeness (QED) is 0.474. The zero-order valence-electron chi connectivity index (χ0n) is 13.4. The van der Waals surface area contributed by atoms with Gasteiger partial charge in [-0.2, -0.15) is 0 Å². The van der Waals surface area contributed by atoms with Gasteiger partial charge in [0.05, 0.1) is 0 Å². The van der Waals surface area contributed by atoms with Gasteiger partial charge in [0.15, 0.2) is 0 Å². The van der Waals surface area contributed by atoms with E-state index in [4.69, 9.17) is 11.6 Å². The number of unbranched alkanes of at least 4 members (excludes halogenated alkanes) is 1. The standard InChI is InChI=1S/C19H28BrCl/c1-3-4-5-16-8-10-19(14-20,11-9-16)13-17-7-6-15(2)12-18(17)21/h6-7,12,16H,3-5,8-11,13-14H2,1-2H3. The van der Waals surface area contributed by atoms with Crippen molar-refractivity contribution in [1.29, 1.82) is 0 Å². The summed E-state index contributed by atoms with van der Waals surface area (Å²) >= 11 is 10.2. The maximum Gasteiger partial charge on any atom is 0.0440 e. The fraction of sp³-hybridized carbons (Fsp3) is 0.684. The van der Waals surface area contributed by atoms with Crippen LogP contribution in [0.1, 0.15) is 63.0 Å². The molecule has 0 heterocycles. The monoisotopic (exact) mass is 370 g/mol. The first-order chi connectivity index (χ1) is 10.1. The van der Waals surface area contributed by atoms with Crippen molar-refractivity contribution in [2.45, 2.75) is 65.2 Å². The van der Waals surface area contributed by atoms with Gasteiger partial charge in [-0.1, -0.05) is 65.8 Å². The molecule has 1 aliphatic carbocycles. The Morgan fingerprint density at radius 2 is 2.00 bits per heavy atom. The van der Waals surface area contributed by atoms with Crippen molar-refractivity contribution < 1.29 is 0 Å². The molecule has 0 aliphatic heterocycles. The molecule has 0 nitrogen and oxygen atoms in total. The summed E-state index contributed by atoms with van der Waals surface area (Å²) in [5.74, 6) is 0.964. The number of alkyl halides is 1. The predicted octanol–water partition coefficient (Wildman–Crippen LogP) is 6.95. The topological polar surface area (TPSA) is 0 Å². The predicted molar refractivity (Wildman–Crippen MR) is 97.6 cm³/mol. The van der Waals surface area contributed by atoms with Crippen LogP contribution in [0.15, 0.2) is 18.2 Å². The summed E-state index contributed by atoms with van der Waals surface area (Å²) in [5.41, 5.74) is 3.00. The van der Waals surface area contributed by atoms with E-state index in [1.165, 1.54) is 56.1 Å². The Labute approximate surface area is 143 Å². The molecule has 2 rings (SSSR count). The maximum absolute atomic E-state index is 6.45. The molecule has 1 aliphatic rings. The molecule has 1 fully saturated rings. The Balaban J connectivity index is 1.99. The molecule has 0 atom stereocenters. The van der Waals surface area contributed by atoms with Crippen molar-refractivity contribution in [2.24, 2.45) is 11.3 Å². The lowest BCUT2D eigenvalue weighted by atomic mass is 9.68. The van der Waals surface area contributed by atoms with E-state index in [1.807, 2.05) is 0 Å². The third-order valence-corrected chi connectivity index (χ3v) is 6.73. The Hall–Kier alpha value is -0.0100. The van der Waals surface area contributed by atoms with Gasteiger partial charge in [0.25, 0.3) is 0 Å². The van der Waals surface area contributed by atoms with E-state index < -0.39 is 0 Å². The van der Waals surface area contributed by atoms with Crippen LogP contribution in [0.4, 0.5) is 0 Å². The SMILES string of the molecule is CCCCC1CCC(CBr)(Cc2ccc(C)cc2Cl)CC1. The van der Waals surface area contributed by atoms with Gasteiger partial charge in [0.1, 0.15) is 0 Å². The van der Waals surface area contributed by atoms with Crippen molar-refractivity contribution in [3.05, 3.63) is 34.3 Å². The van der Waals surface area contributed by atoms with Crippen LogP contribution < -0.4 is 0 Å². The molecule has 0 bridgehead atoms. The minimum absolute atomic E-state index is 0.418. The Morgan fingerprint density at radius 1 is 1.29 bits per heavy atom. The Morgan fingerprint density at radius 3 is 2.57 bits per heavy atom. The minimum atomic E-state index is 0.418. The number of halogens is 2. The molecular formula is C19H28BrCl. The molecule has 118 valence electrons. The van der Waals surface area contributed by atoms with Gasteiger partial charge >= 0.3 is 0 Å². The second-order valence-corrected chi connectivity index (χ2v) is 7.96. The second kappa shape index (κ2) is 8.02. The highest BCUT2D eigenvalue weighted by molar-refractivity contribution is 9.09. The molecule has 0 aromatic heterocycles. The Bertz CT molecular complexity index is 447.